The van der Waals surface area contributed by atoms with Crippen LogP contribution in [-0.2, 0) is 10.3 Å². The van der Waals surface area contributed by atoms with Gasteiger partial charge >= 0.3 is 6.03 Å². The molecule has 1 N–H and O–H groups in total. The number of carbonyl (C=O) groups excluding carboxylic acids is 2. The lowest BCUT2D eigenvalue weighted by Gasteiger charge is -2.38. The highest BCUT2D eigenvalue weighted by Gasteiger charge is 2.31. The van der Waals surface area contributed by atoms with Gasteiger partial charge in [-0.3, -0.25) is 4.79 Å². The van der Waals surface area contributed by atoms with Gasteiger partial charge in [0.15, 0.2) is 0 Å². The summed E-state index contributed by atoms with van der Waals surface area (Å²) in [6, 6.07) is 7.98. The third kappa shape index (κ3) is 4.41. The number of nitrogens with zero attached hydrogens (tertiary/aromatic N) is 2. The molecule has 1 heterocycles. The lowest BCUT2D eigenvalue weighted by molar-refractivity contribution is -0.136. The van der Waals surface area contributed by atoms with Crippen molar-refractivity contribution < 1.29 is 9.59 Å². The highest BCUT2D eigenvalue weighted by molar-refractivity contribution is 5.85. The van der Waals surface area contributed by atoms with Crippen molar-refractivity contribution in [1.82, 2.24) is 15.1 Å². The zero-order valence-corrected chi connectivity index (χ0v) is 15.9. The van der Waals surface area contributed by atoms with Gasteiger partial charge in [0.2, 0.25) is 5.91 Å². The monoisotopic (exact) mass is 343 g/mol. The molecule has 2 rings (SSSR count). The Hall–Kier alpha value is -2.30. The number of hydrogen-bond acceptors (Lipinski definition) is 2. The minimum absolute atomic E-state index is 0.00140. The van der Waals surface area contributed by atoms with E-state index in [1.807, 2.05) is 63.8 Å². The molecule has 1 aliphatic rings. The second kappa shape index (κ2) is 7.30. The molecule has 1 fully saturated rings. The van der Waals surface area contributed by atoms with Crippen LogP contribution in [-0.4, -0.2) is 47.4 Å². The van der Waals surface area contributed by atoms with Gasteiger partial charge in [-0.1, -0.05) is 30.4 Å². The summed E-state index contributed by atoms with van der Waals surface area (Å²) in [5.74, 6) is -0.00140. The lowest BCUT2D eigenvalue weighted by Crippen LogP contribution is -2.58. The van der Waals surface area contributed by atoms with Crippen LogP contribution >= 0.6 is 0 Å². The molecule has 0 atom stereocenters. The first-order valence-electron chi connectivity index (χ1n) is 8.75. The number of allylic oxidation sites excluding steroid dienone is 1. The van der Waals surface area contributed by atoms with E-state index in [1.165, 1.54) is 0 Å². The van der Waals surface area contributed by atoms with Gasteiger partial charge in [-0.25, -0.2) is 4.79 Å². The summed E-state index contributed by atoms with van der Waals surface area (Å²) in [6.07, 6.45) is 0. The molecule has 0 unspecified atom stereocenters. The Bertz CT molecular complexity index is 679. The molecular formula is C20H29N3O2. The van der Waals surface area contributed by atoms with Crippen LogP contribution in [0.15, 0.2) is 30.8 Å². The van der Waals surface area contributed by atoms with Crippen molar-refractivity contribution in [1.29, 1.82) is 0 Å². The Kier molecular flexibility index (Phi) is 5.55. The Morgan fingerprint density at radius 2 is 1.96 bits per heavy atom. The molecule has 0 radical (unpaired) electrons. The SMILES string of the molecule is C=C(C)c1cccc(C(C)(C)NC(=O)N2CCN(C(C)C)C(=O)C2)c1. The Labute approximate surface area is 150 Å². The van der Waals surface area contributed by atoms with E-state index >= 15 is 0 Å². The van der Waals surface area contributed by atoms with Crippen LogP contribution in [0.5, 0.6) is 0 Å². The zero-order chi connectivity index (χ0) is 18.8. The molecule has 1 saturated heterocycles. The van der Waals surface area contributed by atoms with E-state index in [-0.39, 0.29) is 24.5 Å². The molecule has 1 aliphatic heterocycles. The number of carbonyl (C=O) groups is 2. The lowest BCUT2D eigenvalue weighted by atomic mass is 9.92. The standard InChI is InChI=1S/C20H29N3O2/c1-14(2)16-8-7-9-17(12-16)20(5,6)21-19(25)22-10-11-23(15(3)4)18(24)13-22/h7-9,12,15H,1,10-11,13H2,2-6H3,(H,21,25). The van der Waals surface area contributed by atoms with Crippen molar-refractivity contribution in [2.45, 2.75) is 46.2 Å². The van der Waals surface area contributed by atoms with E-state index in [1.54, 1.807) is 4.90 Å². The zero-order valence-electron chi connectivity index (χ0n) is 15.9. The van der Waals surface area contributed by atoms with Gasteiger partial charge in [0.25, 0.3) is 0 Å². The quantitative estimate of drug-likeness (QED) is 0.913. The summed E-state index contributed by atoms with van der Waals surface area (Å²) < 4.78 is 0. The third-order valence-electron chi connectivity index (χ3n) is 4.66. The van der Waals surface area contributed by atoms with E-state index in [0.717, 1.165) is 16.7 Å². The van der Waals surface area contributed by atoms with E-state index in [4.69, 9.17) is 0 Å². The van der Waals surface area contributed by atoms with Crippen LogP contribution in [0.4, 0.5) is 4.79 Å². The molecule has 0 spiro atoms. The topological polar surface area (TPSA) is 52.7 Å². The molecule has 5 heteroatoms. The fourth-order valence-corrected chi connectivity index (χ4v) is 3.00. The molecular weight excluding hydrogens is 314 g/mol. The van der Waals surface area contributed by atoms with Crippen molar-refractivity contribution in [3.8, 4) is 0 Å². The largest absolute Gasteiger partial charge is 0.337 e. The van der Waals surface area contributed by atoms with Gasteiger partial charge in [-0.15, -0.1) is 0 Å². The van der Waals surface area contributed by atoms with Gasteiger partial charge in [0, 0.05) is 19.1 Å². The van der Waals surface area contributed by atoms with Crippen molar-refractivity contribution in [2.75, 3.05) is 19.6 Å². The second-order valence-electron chi connectivity index (χ2n) is 7.52. The average Bonchev–Trinajstić information content (AvgIpc) is 2.54. The third-order valence-corrected chi connectivity index (χ3v) is 4.66. The molecule has 0 saturated carbocycles. The van der Waals surface area contributed by atoms with Gasteiger partial charge < -0.3 is 15.1 Å². The average molecular weight is 343 g/mol. The smallest absolute Gasteiger partial charge is 0.318 e. The summed E-state index contributed by atoms with van der Waals surface area (Å²) in [7, 11) is 0. The van der Waals surface area contributed by atoms with Crippen molar-refractivity contribution in [3.05, 3.63) is 42.0 Å². The summed E-state index contributed by atoms with van der Waals surface area (Å²) in [5.41, 5.74) is 2.51. The minimum Gasteiger partial charge on any atom is -0.337 e. The number of benzene rings is 1. The first-order valence-corrected chi connectivity index (χ1v) is 8.75. The van der Waals surface area contributed by atoms with Crippen LogP contribution in [0.3, 0.4) is 0 Å². The van der Waals surface area contributed by atoms with Gasteiger partial charge in [-0.05, 0) is 51.8 Å². The summed E-state index contributed by atoms with van der Waals surface area (Å²) in [5, 5.41) is 3.06. The Balaban J connectivity index is 2.08. The minimum atomic E-state index is -0.541. The van der Waals surface area contributed by atoms with Gasteiger partial charge in [-0.2, -0.15) is 0 Å². The number of rotatable bonds is 4. The van der Waals surface area contributed by atoms with Crippen molar-refractivity contribution in [2.24, 2.45) is 0 Å². The number of amides is 3. The number of piperazine rings is 1. The predicted octanol–water partition coefficient (Wildman–Crippen LogP) is 3.22. The molecule has 0 bridgehead atoms. The molecule has 0 aliphatic carbocycles. The fourth-order valence-electron chi connectivity index (χ4n) is 3.00. The maximum Gasteiger partial charge on any atom is 0.318 e. The first-order chi connectivity index (χ1) is 11.6. The van der Waals surface area contributed by atoms with E-state index in [2.05, 4.69) is 11.9 Å². The molecule has 1 aromatic carbocycles. The maximum atomic E-state index is 12.7. The Morgan fingerprint density at radius 3 is 2.52 bits per heavy atom. The Morgan fingerprint density at radius 1 is 1.28 bits per heavy atom. The number of urea groups is 1. The number of nitrogens with one attached hydrogen (secondary N) is 1. The van der Waals surface area contributed by atoms with Crippen molar-refractivity contribution in [3.63, 3.8) is 0 Å². The van der Waals surface area contributed by atoms with Crippen LogP contribution < -0.4 is 5.32 Å². The summed E-state index contributed by atoms with van der Waals surface area (Å²) in [4.78, 5) is 28.3. The van der Waals surface area contributed by atoms with Gasteiger partial charge in [0.05, 0.1) is 5.54 Å². The van der Waals surface area contributed by atoms with Crippen LogP contribution in [0.1, 0.15) is 45.7 Å². The molecule has 0 aromatic heterocycles. The second-order valence-corrected chi connectivity index (χ2v) is 7.52. The number of hydrogen-bond donors (Lipinski definition) is 1. The van der Waals surface area contributed by atoms with E-state index in [0.29, 0.717) is 13.1 Å². The molecule has 5 nitrogen and oxygen atoms in total. The normalized spacial score (nSPS) is 15.5. The van der Waals surface area contributed by atoms with Crippen molar-refractivity contribution >= 4 is 17.5 Å². The summed E-state index contributed by atoms with van der Waals surface area (Å²) >= 11 is 0. The van der Waals surface area contributed by atoms with Crippen LogP contribution in [0.2, 0.25) is 0 Å². The van der Waals surface area contributed by atoms with Gasteiger partial charge in [0.1, 0.15) is 6.54 Å². The van der Waals surface area contributed by atoms with E-state index < -0.39 is 5.54 Å². The fraction of sp³-hybridized carbons (Fsp3) is 0.500. The molecule has 1 aromatic rings. The highest BCUT2D eigenvalue weighted by atomic mass is 16.2. The van der Waals surface area contributed by atoms with Crippen LogP contribution in [0, 0.1) is 0 Å². The molecule has 3 amide bonds. The first kappa shape index (κ1) is 19.0. The molecule has 25 heavy (non-hydrogen) atoms. The summed E-state index contributed by atoms with van der Waals surface area (Å²) in [6.45, 7) is 15.1. The predicted molar refractivity (Wildman–Crippen MR) is 101 cm³/mol. The van der Waals surface area contributed by atoms with Crippen LogP contribution in [0.25, 0.3) is 5.57 Å². The maximum absolute atomic E-state index is 12.7. The highest BCUT2D eigenvalue weighted by Crippen LogP contribution is 2.24. The molecule has 136 valence electrons. The van der Waals surface area contributed by atoms with E-state index in [9.17, 15) is 9.59 Å².